The summed E-state index contributed by atoms with van der Waals surface area (Å²) in [6.45, 7) is 11.6. The van der Waals surface area contributed by atoms with Crippen molar-refractivity contribution in [3.63, 3.8) is 0 Å². The summed E-state index contributed by atoms with van der Waals surface area (Å²) in [5.74, 6) is 6.28. The minimum Gasteiger partial charge on any atom is -0.361 e. The zero-order valence-corrected chi connectivity index (χ0v) is 23.0. The van der Waals surface area contributed by atoms with Gasteiger partial charge in [0.2, 0.25) is 5.91 Å². The number of hydrogen-bond acceptors (Lipinski definition) is 5. The van der Waals surface area contributed by atoms with Gasteiger partial charge in [-0.3, -0.25) is 9.59 Å². The highest BCUT2D eigenvalue weighted by atomic mass is 16.2. The Morgan fingerprint density at radius 3 is 2.24 bits per heavy atom. The van der Waals surface area contributed by atoms with Gasteiger partial charge < -0.3 is 21.0 Å². The molecule has 1 fully saturated rings. The molecule has 1 atom stereocenters. The van der Waals surface area contributed by atoms with E-state index in [1.165, 1.54) is 0 Å². The zero-order chi connectivity index (χ0) is 27.2. The number of rotatable bonds is 8. The van der Waals surface area contributed by atoms with Gasteiger partial charge in [0, 0.05) is 49.4 Å². The van der Waals surface area contributed by atoms with Gasteiger partial charge in [0.05, 0.1) is 0 Å². The highest BCUT2D eigenvalue weighted by molar-refractivity contribution is 5.99. The summed E-state index contributed by atoms with van der Waals surface area (Å²) in [6, 6.07) is 13.9. The van der Waals surface area contributed by atoms with Crippen LogP contribution in [0.5, 0.6) is 0 Å². The molecule has 3 N–H and O–H groups in total. The predicted molar refractivity (Wildman–Crippen MR) is 152 cm³/mol. The molecule has 2 heterocycles. The van der Waals surface area contributed by atoms with Gasteiger partial charge in [-0.2, -0.15) is 0 Å². The van der Waals surface area contributed by atoms with E-state index in [0.717, 1.165) is 48.3 Å². The molecule has 2 aliphatic heterocycles. The van der Waals surface area contributed by atoms with Crippen LogP contribution in [0.1, 0.15) is 62.9 Å². The molecule has 8 heteroatoms. The van der Waals surface area contributed by atoms with E-state index >= 15 is 0 Å². The lowest BCUT2D eigenvalue weighted by atomic mass is 9.99. The van der Waals surface area contributed by atoms with Crippen LogP contribution in [0.4, 0.5) is 5.69 Å². The number of carbonyl (C=O) groups excluding carboxylic acids is 2. The first-order valence-corrected chi connectivity index (χ1v) is 13.6. The third kappa shape index (κ3) is 6.60. The van der Waals surface area contributed by atoms with Crippen LogP contribution in [0.3, 0.4) is 0 Å². The van der Waals surface area contributed by atoms with Gasteiger partial charge >= 0.3 is 0 Å². The molecular weight excluding hydrogens is 476 g/mol. The fraction of sp³-hybridized carbons (Fsp3) is 0.467. The summed E-state index contributed by atoms with van der Waals surface area (Å²) >= 11 is 0. The summed E-state index contributed by atoms with van der Waals surface area (Å²) < 4.78 is 0. The van der Waals surface area contributed by atoms with Crippen molar-refractivity contribution in [3.8, 4) is 11.1 Å². The first kappa shape index (κ1) is 27.4. The Kier molecular flexibility index (Phi) is 8.81. The van der Waals surface area contributed by atoms with Crippen molar-refractivity contribution >= 4 is 23.6 Å². The quantitative estimate of drug-likeness (QED) is 0.271. The van der Waals surface area contributed by atoms with Gasteiger partial charge in [0.25, 0.3) is 5.91 Å². The fourth-order valence-corrected chi connectivity index (χ4v) is 5.20. The van der Waals surface area contributed by atoms with Gasteiger partial charge in [-0.25, -0.2) is 0 Å². The molecule has 2 aliphatic rings. The summed E-state index contributed by atoms with van der Waals surface area (Å²) in [6.07, 6.45) is 4.06. The molecule has 2 amide bonds. The van der Waals surface area contributed by atoms with Crippen molar-refractivity contribution in [2.45, 2.75) is 53.1 Å². The maximum atomic E-state index is 13.6. The van der Waals surface area contributed by atoms with Gasteiger partial charge in [0.15, 0.2) is 0 Å². The van der Waals surface area contributed by atoms with E-state index in [2.05, 4.69) is 49.4 Å². The number of likely N-dealkylation sites (tertiary alicyclic amines) is 1. The first-order valence-electron chi connectivity index (χ1n) is 13.6. The molecule has 0 saturated carbocycles. The Balaban J connectivity index is 1.62. The summed E-state index contributed by atoms with van der Waals surface area (Å²) in [5, 5.41) is 11.1. The van der Waals surface area contributed by atoms with Crippen LogP contribution in [0, 0.1) is 11.8 Å². The Labute approximate surface area is 226 Å². The molecule has 4 rings (SSSR count). The Morgan fingerprint density at radius 2 is 1.63 bits per heavy atom. The number of nitrogens with zero attached hydrogens (tertiary/aromatic N) is 4. The molecule has 1 unspecified atom stereocenters. The third-order valence-corrected chi connectivity index (χ3v) is 6.92. The minimum absolute atomic E-state index is 0.0293. The Morgan fingerprint density at radius 1 is 1.00 bits per heavy atom. The fourth-order valence-electron chi connectivity index (χ4n) is 5.20. The number of nitrogens with two attached hydrogens (primary N) is 1. The summed E-state index contributed by atoms with van der Waals surface area (Å²) in [7, 11) is 0. The Hall–Kier alpha value is -3.68. The van der Waals surface area contributed by atoms with Gasteiger partial charge in [-0.1, -0.05) is 57.2 Å². The highest BCUT2D eigenvalue weighted by Crippen LogP contribution is 2.32. The lowest BCUT2D eigenvalue weighted by Crippen LogP contribution is -2.38. The standard InChI is InChI=1S/C30H40N6O2/c1-20(2)18-36(19-21(3)4)30(38)26-15-25-12-11-24(16-27(25)32-28(17-26)33-34-31)22-7-9-23(10-8-22)29(37)35-13-5-6-14-35/h7-12,15-16,20-21,28,32H,5-6,13-14,17-19H2,1-4H3,(H2,31,33). The molecule has 2 aromatic rings. The number of carbonyl (C=O) groups is 2. The molecule has 38 heavy (non-hydrogen) atoms. The number of benzene rings is 2. The molecular formula is C30H40N6O2. The largest absolute Gasteiger partial charge is 0.361 e. The number of hydrogen-bond donors (Lipinski definition) is 2. The van der Waals surface area contributed by atoms with Crippen LogP contribution >= 0.6 is 0 Å². The zero-order valence-electron chi connectivity index (χ0n) is 23.0. The minimum atomic E-state index is -0.452. The summed E-state index contributed by atoms with van der Waals surface area (Å²) in [4.78, 5) is 30.2. The maximum absolute atomic E-state index is 13.6. The van der Waals surface area contributed by atoms with Gasteiger partial charge in [0.1, 0.15) is 6.17 Å². The monoisotopic (exact) mass is 516 g/mol. The third-order valence-electron chi connectivity index (χ3n) is 6.92. The van der Waals surface area contributed by atoms with Crippen molar-refractivity contribution in [2.75, 3.05) is 31.5 Å². The molecule has 0 aliphatic carbocycles. The van der Waals surface area contributed by atoms with Crippen LogP contribution < -0.4 is 11.2 Å². The van der Waals surface area contributed by atoms with E-state index < -0.39 is 6.17 Å². The smallest absolute Gasteiger partial charge is 0.253 e. The van der Waals surface area contributed by atoms with Crippen molar-refractivity contribution in [1.82, 2.24) is 9.80 Å². The van der Waals surface area contributed by atoms with Crippen molar-refractivity contribution in [3.05, 3.63) is 59.2 Å². The van der Waals surface area contributed by atoms with E-state index in [1.807, 2.05) is 52.3 Å². The van der Waals surface area contributed by atoms with E-state index in [-0.39, 0.29) is 11.8 Å². The average Bonchev–Trinajstić information content (AvgIpc) is 3.36. The van der Waals surface area contributed by atoms with Crippen LogP contribution in [0.2, 0.25) is 0 Å². The van der Waals surface area contributed by atoms with E-state index in [1.54, 1.807) is 0 Å². The van der Waals surface area contributed by atoms with Crippen molar-refractivity contribution in [2.24, 2.45) is 28.0 Å². The second kappa shape index (κ2) is 12.2. The molecule has 0 spiro atoms. The number of fused-ring (bicyclic) bond motifs is 1. The van der Waals surface area contributed by atoms with Crippen LogP contribution in [0.25, 0.3) is 17.2 Å². The lowest BCUT2D eigenvalue weighted by molar-refractivity contribution is -0.128. The van der Waals surface area contributed by atoms with E-state index in [9.17, 15) is 9.59 Å². The molecule has 8 nitrogen and oxygen atoms in total. The van der Waals surface area contributed by atoms with Crippen LogP contribution in [0.15, 0.2) is 58.4 Å². The normalized spacial score (nSPS) is 17.4. The lowest BCUT2D eigenvalue weighted by Gasteiger charge is -2.27. The second-order valence-corrected chi connectivity index (χ2v) is 11.1. The average molecular weight is 517 g/mol. The van der Waals surface area contributed by atoms with Crippen molar-refractivity contribution < 1.29 is 9.59 Å². The predicted octanol–water partition coefficient (Wildman–Crippen LogP) is 5.58. The van der Waals surface area contributed by atoms with Gasteiger partial charge in [-0.05, 0) is 65.6 Å². The highest BCUT2D eigenvalue weighted by Gasteiger charge is 2.26. The topological polar surface area (TPSA) is 103 Å². The molecule has 0 bridgehead atoms. The van der Waals surface area contributed by atoms with Crippen LogP contribution in [-0.4, -0.2) is 54.0 Å². The van der Waals surface area contributed by atoms with E-state index in [0.29, 0.717) is 42.5 Å². The number of anilines is 1. The SMILES string of the molecule is CC(C)CN(CC(C)C)C(=O)C1=Cc2ccc(-c3ccc(C(=O)N4CCCC4)cc3)cc2NC(N=NN)C1. The van der Waals surface area contributed by atoms with Gasteiger partial charge in [-0.15, -0.1) is 5.11 Å². The second-order valence-electron chi connectivity index (χ2n) is 11.1. The Bertz CT molecular complexity index is 1190. The molecule has 0 aromatic heterocycles. The molecule has 0 radical (unpaired) electrons. The first-order chi connectivity index (χ1) is 18.2. The van der Waals surface area contributed by atoms with E-state index in [4.69, 9.17) is 5.84 Å². The number of nitrogens with one attached hydrogen (secondary N) is 1. The molecule has 202 valence electrons. The van der Waals surface area contributed by atoms with Crippen molar-refractivity contribution in [1.29, 1.82) is 0 Å². The number of amides is 2. The molecule has 1 saturated heterocycles. The maximum Gasteiger partial charge on any atom is 0.253 e. The summed E-state index contributed by atoms with van der Waals surface area (Å²) in [5.41, 5.74) is 5.19. The van der Waals surface area contributed by atoms with Crippen LogP contribution in [-0.2, 0) is 4.79 Å². The molecule has 2 aromatic carbocycles.